The molecule has 1 aliphatic rings. The number of rotatable bonds is 2. The third kappa shape index (κ3) is 2.62. The van der Waals surface area contributed by atoms with Gasteiger partial charge < -0.3 is 10.2 Å². The monoisotopic (exact) mass is 176 g/mol. The molecule has 1 saturated heterocycles. The molecule has 11 heavy (non-hydrogen) atoms. The molecular weight excluding hydrogens is 160 g/mol. The molecule has 1 N–H and O–H groups in total. The van der Waals surface area contributed by atoms with Crippen molar-refractivity contribution in [3.8, 4) is 0 Å². The van der Waals surface area contributed by atoms with Crippen LogP contribution in [0.15, 0.2) is 0 Å². The van der Waals surface area contributed by atoms with Crippen LogP contribution in [0.2, 0.25) is 0 Å². The summed E-state index contributed by atoms with van der Waals surface area (Å²) in [5, 5.41) is 3.72. The highest BCUT2D eigenvalue weighted by Crippen LogP contribution is 2.10. The summed E-state index contributed by atoms with van der Waals surface area (Å²) in [5.74, 6) is 0. The molecule has 66 valence electrons. The van der Waals surface area contributed by atoms with Crippen LogP contribution >= 0.6 is 11.6 Å². The first-order chi connectivity index (χ1) is 5.24. The fourth-order valence-electron chi connectivity index (χ4n) is 1.46. The second-order valence-electron chi connectivity index (χ2n) is 3.25. The van der Waals surface area contributed by atoms with Gasteiger partial charge in [0.15, 0.2) is 0 Å². The van der Waals surface area contributed by atoms with Crippen LogP contribution in [0, 0.1) is 0 Å². The van der Waals surface area contributed by atoms with E-state index in [4.69, 9.17) is 11.6 Å². The maximum Gasteiger partial charge on any atom is 0.0499 e. The van der Waals surface area contributed by atoms with E-state index in [1.807, 2.05) is 0 Å². The van der Waals surface area contributed by atoms with Crippen LogP contribution in [0.5, 0.6) is 0 Å². The van der Waals surface area contributed by atoms with Gasteiger partial charge in [-0.2, -0.15) is 0 Å². The highest BCUT2D eigenvalue weighted by molar-refractivity contribution is 6.21. The molecule has 2 atom stereocenters. The van der Waals surface area contributed by atoms with Gasteiger partial charge in [-0.25, -0.2) is 0 Å². The molecule has 0 spiro atoms. The molecule has 0 aliphatic carbocycles. The first kappa shape index (κ1) is 9.30. The number of likely N-dealkylation sites (N-methyl/N-ethyl adjacent to an activating group) is 1. The van der Waals surface area contributed by atoms with Gasteiger partial charge in [-0.3, -0.25) is 0 Å². The molecule has 0 bridgehead atoms. The predicted molar refractivity (Wildman–Crippen MR) is 49.2 cm³/mol. The summed E-state index contributed by atoms with van der Waals surface area (Å²) in [7, 11) is 2.15. The minimum absolute atomic E-state index is 0.290. The molecule has 0 saturated carbocycles. The number of piperazine rings is 1. The van der Waals surface area contributed by atoms with E-state index in [0.717, 1.165) is 26.1 Å². The lowest BCUT2D eigenvalue weighted by molar-refractivity contribution is 0.233. The Hall–Kier alpha value is 0.210. The quantitative estimate of drug-likeness (QED) is 0.630. The summed E-state index contributed by atoms with van der Waals surface area (Å²) < 4.78 is 0. The Kier molecular flexibility index (Phi) is 3.63. The molecular formula is C8H17ClN2. The van der Waals surface area contributed by atoms with Crippen molar-refractivity contribution in [1.82, 2.24) is 10.2 Å². The van der Waals surface area contributed by atoms with Gasteiger partial charge in [0.05, 0.1) is 0 Å². The van der Waals surface area contributed by atoms with Gasteiger partial charge in [-0.1, -0.05) is 6.92 Å². The van der Waals surface area contributed by atoms with Crippen molar-refractivity contribution in [2.24, 2.45) is 0 Å². The van der Waals surface area contributed by atoms with Crippen LogP contribution < -0.4 is 5.32 Å². The van der Waals surface area contributed by atoms with Crippen molar-refractivity contribution in [2.45, 2.75) is 24.8 Å². The average Bonchev–Trinajstić information content (AvgIpc) is 2.03. The van der Waals surface area contributed by atoms with Crippen LogP contribution in [0.4, 0.5) is 0 Å². The first-order valence-corrected chi connectivity index (χ1v) is 4.73. The zero-order chi connectivity index (χ0) is 8.27. The fourth-order valence-corrected chi connectivity index (χ4v) is 1.63. The highest BCUT2D eigenvalue weighted by Gasteiger charge is 2.21. The van der Waals surface area contributed by atoms with Crippen molar-refractivity contribution in [3.63, 3.8) is 0 Å². The van der Waals surface area contributed by atoms with Gasteiger partial charge in [0.2, 0.25) is 0 Å². The predicted octanol–water partition coefficient (Wildman–Crippen LogP) is 0.907. The Morgan fingerprint density at radius 2 is 2.45 bits per heavy atom. The number of hydrogen-bond acceptors (Lipinski definition) is 2. The van der Waals surface area contributed by atoms with Crippen LogP contribution in [0.3, 0.4) is 0 Å². The lowest BCUT2D eigenvalue weighted by atomic mass is 10.1. The van der Waals surface area contributed by atoms with Gasteiger partial charge in [0.25, 0.3) is 0 Å². The van der Waals surface area contributed by atoms with Gasteiger partial charge in [-0.05, 0) is 13.5 Å². The third-order valence-corrected chi connectivity index (χ3v) is 2.85. The van der Waals surface area contributed by atoms with Crippen molar-refractivity contribution >= 4 is 11.6 Å². The minimum Gasteiger partial charge on any atom is -0.310 e. The smallest absolute Gasteiger partial charge is 0.0499 e. The molecule has 0 aromatic heterocycles. The zero-order valence-electron chi connectivity index (χ0n) is 7.31. The van der Waals surface area contributed by atoms with E-state index in [2.05, 4.69) is 24.2 Å². The normalized spacial score (nSPS) is 30.3. The number of alkyl halides is 1. The van der Waals surface area contributed by atoms with Crippen molar-refractivity contribution in [3.05, 3.63) is 0 Å². The average molecular weight is 177 g/mol. The molecule has 0 radical (unpaired) electrons. The number of nitrogens with one attached hydrogen (secondary N) is 1. The van der Waals surface area contributed by atoms with E-state index >= 15 is 0 Å². The molecule has 0 aromatic carbocycles. The van der Waals surface area contributed by atoms with Gasteiger partial charge in [0, 0.05) is 31.1 Å². The van der Waals surface area contributed by atoms with Gasteiger partial charge in [0.1, 0.15) is 0 Å². The number of nitrogens with zero attached hydrogens (tertiary/aromatic N) is 1. The van der Waals surface area contributed by atoms with E-state index in [1.165, 1.54) is 0 Å². The SMILES string of the molecule is CCC(Cl)C1CN(C)CCN1. The summed E-state index contributed by atoms with van der Waals surface area (Å²) in [6.07, 6.45) is 1.05. The summed E-state index contributed by atoms with van der Waals surface area (Å²) in [6.45, 7) is 5.43. The molecule has 2 unspecified atom stereocenters. The van der Waals surface area contributed by atoms with E-state index in [0.29, 0.717) is 6.04 Å². The highest BCUT2D eigenvalue weighted by atomic mass is 35.5. The van der Waals surface area contributed by atoms with Crippen LogP contribution in [-0.2, 0) is 0 Å². The van der Waals surface area contributed by atoms with E-state index < -0.39 is 0 Å². The standard InChI is InChI=1S/C8H17ClN2/c1-3-7(9)8-6-11(2)5-4-10-8/h7-8,10H,3-6H2,1-2H3. The van der Waals surface area contributed by atoms with Crippen LogP contribution in [0.1, 0.15) is 13.3 Å². The third-order valence-electron chi connectivity index (χ3n) is 2.24. The summed E-state index contributed by atoms with van der Waals surface area (Å²) in [5.41, 5.74) is 0. The van der Waals surface area contributed by atoms with Crippen molar-refractivity contribution < 1.29 is 0 Å². The maximum atomic E-state index is 6.12. The van der Waals surface area contributed by atoms with Gasteiger partial charge >= 0.3 is 0 Å². The molecule has 3 heteroatoms. The van der Waals surface area contributed by atoms with Crippen molar-refractivity contribution in [1.29, 1.82) is 0 Å². The first-order valence-electron chi connectivity index (χ1n) is 4.30. The van der Waals surface area contributed by atoms with Crippen LogP contribution in [0.25, 0.3) is 0 Å². The number of hydrogen-bond donors (Lipinski definition) is 1. The van der Waals surface area contributed by atoms with Gasteiger partial charge in [-0.15, -0.1) is 11.6 Å². The lowest BCUT2D eigenvalue weighted by Crippen LogP contribution is -2.52. The lowest BCUT2D eigenvalue weighted by Gasteiger charge is -2.33. The van der Waals surface area contributed by atoms with Crippen LogP contribution in [-0.4, -0.2) is 43.0 Å². The second-order valence-corrected chi connectivity index (χ2v) is 3.81. The minimum atomic E-state index is 0.290. The molecule has 1 rings (SSSR count). The Morgan fingerprint density at radius 3 is 3.00 bits per heavy atom. The van der Waals surface area contributed by atoms with Crippen molar-refractivity contribution in [2.75, 3.05) is 26.7 Å². The maximum absolute atomic E-state index is 6.12. The molecule has 1 fully saturated rings. The Morgan fingerprint density at radius 1 is 1.73 bits per heavy atom. The summed E-state index contributed by atoms with van der Waals surface area (Å²) in [4.78, 5) is 2.33. The van der Waals surface area contributed by atoms with E-state index in [1.54, 1.807) is 0 Å². The summed E-state index contributed by atoms with van der Waals surface area (Å²) in [6, 6.07) is 0.486. The summed E-state index contributed by atoms with van der Waals surface area (Å²) >= 11 is 6.12. The molecule has 0 amide bonds. The zero-order valence-corrected chi connectivity index (χ0v) is 8.06. The molecule has 2 nitrogen and oxygen atoms in total. The number of halogens is 1. The Balaban J connectivity index is 2.33. The van der Waals surface area contributed by atoms with E-state index in [9.17, 15) is 0 Å². The molecule has 1 aliphatic heterocycles. The molecule has 1 heterocycles. The Bertz CT molecular complexity index is 119. The second kappa shape index (κ2) is 4.29. The fraction of sp³-hybridized carbons (Fsp3) is 1.00. The topological polar surface area (TPSA) is 15.3 Å². The molecule has 0 aromatic rings. The largest absolute Gasteiger partial charge is 0.310 e. The van der Waals surface area contributed by atoms with E-state index in [-0.39, 0.29) is 5.38 Å². The Labute approximate surface area is 73.9 Å².